The molecule has 1 aliphatic carbocycles. The lowest BCUT2D eigenvalue weighted by Crippen LogP contribution is -2.59. The van der Waals surface area contributed by atoms with E-state index in [0.717, 1.165) is 22.3 Å². The number of nitrogens with zero attached hydrogens (tertiary/aromatic N) is 1. The van der Waals surface area contributed by atoms with Crippen LogP contribution in [-0.2, 0) is 14.3 Å². The largest absolute Gasteiger partial charge is 0.481 e. The van der Waals surface area contributed by atoms with E-state index in [9.17, 15) is 19.5 Å². The Morgan fingerprint density at radius 3 is 2.12 bits per heavy atom. The molecule has 2 amide bonds. The number of rotatable bonds is 7. The Hall–Kier alpha value is -3.35. The number of aliphatic carboxylic acids is 1. The van der Waals surface area contributed by atoms with Crippen LogP contribution in [0.4, 0.5) is 4.79 Å². The Labute approximate surface area is 193 Å². The van der Waals surface area contributed by atoms with Crippen molar-refractivity contribution in [1.82, 2.24) is 10.2 Å². The highest BCUT2D eigenvalue weighted by molar-refractivity contribution is 5.90. The van der Waals surface area contributed by atoms with E-state index in [1.165, 1.54) is 0 Å². The highest BCUT2D eigenvalue weighted by atomic mass is 16.5. The molecule has 174 valence electrons. The van der Waals surface area contributed by atoms with Gasteiger partial charge in [-0.25, -0.2) is 4.79 Å². The molecule has 0 radical (unpaired) electrons. The molecule has 1 saturated heterocycles. The van der Waals surface area contributed by atoms with Crippen molar-refractivity contribution in [2.45, 2.75) is 44.6 Å². The number of hydrogen-bond donors (Lipinski definition) is 2. The number of carboxylic acid groups (broad SMARTS) is 1. The number of hydrogen-bond acceptors (Lipinski definition) is 4. The number of carboxylic acids is 1. The van der Waals surface area contributed by atoms with Gasteiger partial charge in [0.15, 0.2) is 0 Å². The first-order chi connectivity index (χ1) is 15.9. The van der Waals surface area contributed by atoms with Crippen molar-refractivity contribution >= 4 is 18.0 Å². The Balaban J connectivity index is 1.45. The molecule has 0 spiro atoms. The number of benzene rings is 2. The summed E-state index contributed by atoms with van der Waals surface area (Å²) in [7, 11) is 0. The van der Waals surface area contributed by atoms with Crippen LogP contribution in [0.2, 0.25) is 0 Å². The molecule has 33 heavy (non-hydrogen) atoms. The molecular formula is C26H30N2O5. The summed E-state index contributed by atoms with van der Waals surface area (Å²) in [5.41, 5.74) is 3.43. The third-order valence-electron chi connectivity index (χ3n) is 7.13. The summed E-state index contributed by atoms with van der Waals surface area (Å²) in [6.07, 6.45) is 0.569. The zero-order valence-electron chi connectivity index (χ0n) is 19.0. The summed E-state index contributed by atoms with van der Waals surface area (Å²) in [6, 6.07) is 16.2. The van der Waals surface area contributed by atoms with E-state index in [-0.39, 0.29) is 25.0 Å². The second-order valence-corrected chi connectivity index (χ2v) is 8.81. The van der Waals surface area contributed by atoms with Gasteiger partial charge in [-0.2, -0.15) is 0 Å². The molecule has 1 atom stereocenters. The van der Waals surface area contributed by atoms with E-state index in [1.807, 2.05) is 38.1 Å². The van der Waals surface area contributed by atoms with E-state index < -0.39 is 23.5 Å². The van der Waals surface area contributed by atoms with Crippen molar-refractivity contribution < 1.29 is 24.2 Å². The zero-order chi connectivity index (χ0) is 23.6. The summed E-state index contributed by atoms with van der Waals surface area (Å²) in [6.45, 7) is 4.40. The number of carbonyl (C=O) groups excluding carboxylic acids is 2. The van der Waals surface area contributed by atoms with Crippen molar-refractivity contribution in [2.75, 3.05) is 19.7 Å². The van der Waals surface area contributed by atoms with Gasteiger partial charge in [0.2, 0.25) is 5.91 Å². The molecule has 2 aromatic carbocycles. The van der Waals surface area contributed by atoms with Gasteiger partial charge in [0.05, 0.1) is 5.92 Å². The lowest BCUT2D eigenvalue weighted by Gasteiger charge is -2.34. The first-order valence-corrected chi connectivity index (χ1v) is 11.6. The number of alkyl carbamates (subject to hydrolysis) is 1. The SMILES string of the molecule is CCC(CC)(NC(=O)OCC1c2ccccc2-c2ccccc21)C(=O)N1CCC(C(=O)O)C1. The number of fused-ring (bicyclic) bond motifs is 3. The molecule has 0 bridgehead atoms. The van der Waals surface area contributed by atoms with Gasteiger partial charge in [-0.3, -0.25) is 9.59 Å². The lowest BCUT2D eigenvalue weighted by atomic mass is 9.91. The third-order valence-corrected chi connectivity index (χ3v) is 7.13. The van der Waals surface area contributed by atoms with Crippen LogP contribution in [0.3, 0.4) is 0 Å². The van der Waals surface area contributed by atoms with E-state index >= 15 is 0 Å². The van der Waals surface area contributed by atoms with E-state index in [4.69, 9.17) is 4.74 Å². The first kappa shape index (κ1) is 22.8. The maximum absolute atomic E-state index is 13.3. The molecule has 7 heteroatoms. The zero-order valence-corrected chi connectivity index (χ0v) is 19.0. The number of likely N-dealkylation sites (tertiary alicyclic amines) is 1. The molecule has 2 aromatic rings. The highest BCUT2D eigenvalue weighted by Crippen LogP contribution is 2.44. The molecule has 1 aliphatic heterocycles. The Morgan fingerprint density at radius 1 is 1.03 bits per heavy atom. The Bertz CT molecular complexity index is 1020. The lowest BCUT2D eigenvalue weighted by molar-refractivity contribution is -0.142. The molecular weight excluding hydrogens is 420 g/mol. The summed E-state index contributed by atoms with van der Waals surface area (Å²) in [4.78, 5) is 39.0. The molecule has 1 heterocycles. The number of nitrogens with one attached hydrogen (secondary N) is 1. The fourth-order valence-corrected chi connectivity index (χ4v) is 5.06. The van der Waals surface area contributed by atoms with E-state index in [2.05, 4.69) is 29.6 Å². The number of ether oxygens (including phenoxy) is 1. The molecule has 4 rings (SSSR count). The van der Waals surface area contributed by atoms with Crippen LogP contribution in [0.15, 0.2) is 48.5 Å². The Kier molecular flexibility index (Phi) is 6.40. The molecule has 2 N–H and O–H groups in total. The molecule has 1 fully saturated rings. The minimum atomic E-state index is -1.12. The van der Waals surface area contributed by atoms with Gasteiger partial charge in [-0.05, 0) is 41.5 Å². The van der Waals surface area contributed by atoms with Gasteiger partial charge in [0.1, 0.15) is 12.1 Å². The van der Waals surface area contributed by atoms with Crippen molar-refractivity contribution in [3.63, 3.8) is 0 Å². The van der Waals surface area contributed by atoms with Gasteiger partial charge in [-0.15, -0.1) is 0 Å². The second-order valence-electron chi connectivity index (χ2n) is 8.81. The molecule has 1 unspecified atom stereocenters. The topological polar surface area (TPSA) is 95.9 Å². The average Bonchev–Trinajstić information content (AvgIpc) is 3.45. The molecule has 0 saturated carbocycles. The molecule has 2 aliphatic rings. The van der Waals surface area contributed by atoms with E-state index in [1.54, 1.807) is 4.90 Å². The third kappa shape index (κ3) is 4.19. The van der Waals surface area contributed by atoms with Crippen LogP contribution in [0.25, 0.3) is 11.1 Å². The molecule has 0 aromatic heterocycles. The van der Waals surface area contributed by atoms with Crippen LogP contribution < -0.4 is 5.32 Å². The predicted octanol–water partition coefficient (Wildman–Crippen LogP) is 4.02. The maximum atomic E-state index is 13.3. The summed E-state index contributed by atoms with van der Waals surface area (Å²) in [5, 5.41) is 12.1. The van der Waals surface area contributed by atoms with Gasteiger partial charge < -0.3 is 20.1 Å². The second kappa shape index (κ2) is 9.25. The average molecular weight is 451 g/mol. The fraction of sp³-hybridized carbons (Fsp3) is 0.423. The predicted molar refractivity (Wildman–Crippen MR) is 124 cm³/mol. The van der Waals surface area contributed by atoms with Gasteiger partial charge in [0, 0.05) is 19.0 Å². The minimum Gasteiger partial charge on any atom is -0.481 e. The van der Waals surface area contributed by atoms with Crippen molar-refractivity contribution in [2.24, 2.45) is 5.92 Å². The normalized spacial score (nSPS) is 17.4. The van der Waals surface area contributed by atoms with Gasteiger partial charge >= 0.3 is 12.1 Å². The van der Waals surface area contributed by atoms with Crippen LogP contribution in [0.5, 0.6) is 0 Å². The number of amides is 2. The van der Waals surface area contributed by atoms with E-state index in [0.29, 0.717) is 25.8 Å². The van der Waals surface area contributed by atoms with Gasteiger partial charge in [0.25, 0.3) is 0 Å². The monoisotopic (exact) mass is 450 g/mol. The van der Waals surface area contributed by atoms with Crippen molar-refractivity contribution in [3.8, 4) is 11.1 Å². The first-order valence-electron chi connectivity index (χ1n) is 11.6. The van der Waals surface area contributed by atoms with Crippen LogP contribution in [-0.4, -0.2) is 53.2 Å². The van der Waals surface area contributed by atoms with Gasteiger partial charge in [-0.1, -0.05) is 62.4 Å². The standard InChI is InChI=1S/C26H30N2O5/c1-3-26(4-2,24(31)28-14-13-17(15-28)23(29)30)27-25(32)33-16-22-20-11-7-5-9-18(20)19-10-6-8-12-21(19)22/h5-12,17,22H,3-4,13-16H2,1-2H3,(H,27,32)(H,29,30). The maximum Gasteiger partial charge on any atom is 0.408 e. The van der Waals surface area contributed by atoms with Crippen LogP contribution in [0.1, 0.15) is 50.2 Å². The summed E-state index contributed by atoms with van der Waals surface area (Å²) in [5.74, 6) is -1.76. The number of carbonyl (C=O) groups is 3. The quantitative estimate of drug-likeness (QED) is 0.664. The smallest absolute Gasteiger partial charge is 0.408 e. The minimum absolute atomic E-state index is 0.0635. The fourth-order valence-electron chi connectivity index (χ4n) is 5.06. The molecule has 7 nitrogen and oxygen atoms in total. The van der Waals surface area contributed by atoms with Crippen molar-refractivity contribution in [3.05, 3.63) is 59.7 Å². The summed E-state index contributed by atoms with van der Waals surface area (Å²) >= 11 is 0. The van der Waals surface area contributed by atoms with Crippen LogP contribution >= 0.6 is 0 Å². The summed E-state index contributed by atoms with van der Waals surface area (Å²) < 4.78 is 5.66. The van der Waals surface area contributed by atoms with Crippen LogP contribution in [0, 0.1) is 5.92 Å². The Morgan fingerprint density at radius 2 is 1.61 bits per heavy atom. The van der Waals surface area contributed by atoms with Crippen molar-refractivity contribution in [1.29, 1.82) is 0 Å². The highest BCUT2D eigenvalue weighted by Gasteiger charge is 2.43.